The van der Waals surface area contributed by atoms with Gasteiger partial charge in [-0.3, -0.25) is 4.79 Å². The third-order valence-electron chi connectivity index (χ3n) is 2.68. The molecular weight excluding hydrogens is 211 g/mol. The molecule has 1 aromatic rings. The average molecular weight is 224 g/mol. The van der Waals surface area contributed by atoms with Gasteiger partial charge in [-0.05, 0) is 6.07 Å². The smallest absolute Gasteiger partial charge is 0.153 e. The van der Waals surface area contributed by atoms with Gasteiger partial charge in [0.15, 0.2) is 6.29 Å². The van der Waals surface area contributed by atoms with Crippen LogP contribution in [0.25, 0.3) is 0 Å². The van der Waals surface area contributed by atoms with Gasteiger partial charge in [0.05, 0.1) is 11.3 Å². The fourth-order valence-corrected chi connectivity index (χ4v) is 1.81. The van der Waals surface area contributed by atoms with E-state index in [2.05, 4.69) is 5.32 Å². The molecule has 0 atom stereocenters. The molecule has 1 aromatic carbocycles. The number of aromatic hydroxyl groups is 1. The molecule has 0 saturated carbocycles. The lowest BCUT2D eigenvalue weighted by Crippen LogP contribution is -2.43. The van der Waals surface area contributed by atoms with E-state index in [1.807, 2.05) is 4.90 Å². The Morgan fingerprint density at radius 1 is 1.38 bits per heavy atom. The van der Waals surface area contributed by atoms with Crippen LogP contribution >= 0.6 is 0 Å². The Kier molecular flexibility index (Phi) is 3.05. The van der Waals surface area contributed by atoms with E-state index >= 15 is 0 Å². The molecule has 5 heteroatoms. The highest BCUT2D eigenvalue weighted by molar-refractivity contribution is 5.80. The van der Waals surface area contributed by atoms with Crippen LogP contribution in [0, 0.1) is 5.82 Å². The van der Waals surface area contributed by atoms with Crippen molar-refractivity contribution < 1.29 is 14.3 Å². The van der Waals surface area contributed by atoms with Crippen LogP contribution in [0.5, 0.6) is 5.75 Å². The van der Waals surface area contributed by atoms with E-state index in [1.165, 1.54) is 6.07 Å². The quantitative estimate of drug-likeness (QED) is 0.728. The topological polar surface area (TPSA) is 52.6 Å². The number of rotatable bonds is 2. The van der Waals surface area contributed by atoms with E-state index in [4.69, 9.17) is 0 Å². The first-order valence-electron chi connectivity index (χ1n) is 5.15. The number of hydrogen-bond donors (Lipinski definition) is 2. The van der Waals surface area contributed by atoms with Crippen molar-refractivity contribution >= 4 is 12.0 Å². The number of benzene rings is 1. The van der Waals surface area contributed by atoms with Crippen molar-refractivity contribution in [1.82, 2.24) is 5.32 Å². The summed E-state index contributed by atoms with van der Waals surface area (Å²) in [7, 11) is 0. The first-order valence-corrected chi connectivity index (χ1v) is 5.15. The van der Waals surface area contributed by atoms with Gasteiger partial charge < -0.3 is 15.3 Å². The van der Waals surface area contributed by atoms with Crippen LogP contribution in [0.4, 0.5) is 10.1 Å². The normalized spacial score (nSPS) is 16.2. The fourth-order valence-electron chi connectivity index (χ4n) is 1.81. The van der Waals surface area contributed by atoms with Crippen molar-refractivity contribution in [3.63, 3.8) is 0 Å². The second-order valence-corrected chi connectivity index (χ2v) is 3.72. The van der Waals surface area contributed by atoms with Gasteiger partial charge in [0.2, 0.25) is 0 Å². The molecular formula is C11H13FN2O2. The Morgan fingerprint density at radius 2 is 2.06 bits per heavy atom. The van der Waals surface area contributed by atoms with Crippen molar-refractivity contribution in [1.29, 1.82) is 0 Å². The van der Waals surface area contributed by atoms with Crippen LogP contribution in [0.1, 0.15) is 10.4 Å². The van der Waals surface area contributed by atoms with Crippen LogP contribution in [-0.2, 0) is 0 Å². The second-order valence-electron chi connectivity index (χ2n) is 3.72. The van der Waals surface area contributed by atoms with Gasteiger partial charge in [0.25, 0.3) is 0 Å². The molecule has 2 N–H and O–H groups in total. The van der Waals surface area contributed by atoms with Gasteiger partial charge in [-0.25, -0.2) is 4.39 Å². The van der Waals surface area contributed by atoms with Crippen molar-refractivity contribution in [3.05, 3.63) is 23.5 Å². The van der Waals surface area contributed by atoms with Crippen molar-refractivity contribution in [2.75, 3.05) is 31.1 Å². The maximum atomic E-state index is 13.7. The van der Waals surface area contributed by atoms with E-state index in [0.29, 0.717) is 25.1 Å². The lowest BCUT2D eigenvalue weighted by atomic mass is 10.1. The molecule has 0 amide bonds. The SMILES string of the molecule is O=Cc1cc(F)c(N2CCNCC2)cc1O. The molecule has 0 radical (unpaired) electrons. The number of aldehydes is 1. The number of anilines is 1. The summed E-state index contributed by atoms with van der Waals surface area (Å²) in [6.45, 7) is 2.96. The Balaban J connectivity index is 2.33. The third-order valence-corrected chi connectivity index (χ3v) is 2.68. The van der Waals surface area contributed by atoms with E-state index in [1.54, 1.807) is 0 Å². The summed E-state index contributed by atoms with van der Waals surface area (Å²) in [4.78, 5) is 12.4. The minimum atomic E-state index is -0.471. The summed E-state index contributed by atoms with van der Waals surface area (Å²) >= 11 is 0. The molecule has 1 aliphatic rings. The first kappa shape index (κ1) is 10.9. The van der Waals surface area contributed by atoms with E-state index in [9.17, 15) is 14.3 Å². The van der Waals surface area contributed by atoms with Gasteiger partial charge in [0.1, 0.15) is 11.6 Å². The number of phenols is 1. The highest BCUT2D eigenvalue weighted by Crippen LogP contribution is 2.27. The number of nitrogens with zero attached hydrogens (tertiary/aromatic N) is 1. The molecule has 1 fully saturated rings. The molecule has 16 heavy (non-hydrogen) atoms. The number of piperazine rings is 1. The van der Waals surface area contributed by atoms with Crippen LogP contribution in [0.2, 0.25) is 0 Å². The molecule has 2 rings (SSSR count). The second kappa shape index (κ2) is 4.49. The molecule has 86 valence electrons. The lowest BCUT2D eigenvalue weighted by molar-refractivity contribution is 0.112. The molecule has 0 unspecified atom stereocenters. The number of nitrogens with one attached hydrogen (secondary N) is 1. The molecule has 0 aliphatic carbocycles. The van der Waals surface area contributed by atoms with E-state index in [0.717, 1.165) is 19.2 Å². The monoisotopic (exact) mass is 224 g/mol. The minimum Gasteiger partial charge on any atom is -0.507 e. The van der Waals surface area contributed by atoms with Crippen LogP contribution in [0.15, 0.2) is 12.1 Å². The summed E-state index contributed by atoms with van der Waals surface area (Å²) in [5.74, 6) is -0.647. The van der Waals surface area contributed by atoms with Gasteiger partial charge in [-0.2, -0.15) is 0 Å². The molecule has 1 heterocycles. The molecule has 0 aromatic heterocycles. The zero-order chi connectivity index (χ0) is 11.5. The summed E-state index contributed by atoms with van der Waals surface area (Å²) < 4.78 is 13.7. The standard InChI is InChI=1S/C11H13FN2O2/c12-9-5-8(7-15)11(16)6-10(9)14-3-1-13-2-4-14/h5-7,13,16H,1-4H2. The molecule has 1 aliphatic heterocycles. The zero-order valence-electron chi connectivity index (χ0n) is 8.74. The number of halogens is 1. The van der Waals surface area contributed by atoms with Crippen LogP contribution in [0.3, 0.4) is 0 Å². The average Bonchev–Trinajstić information content (AvgIpc) is 2.32. The molecule has 0 bridgehead atoms. The minimum absolute atomic E-state index is 0.0172. The first-order chi connectivity index (χ1) is 7.72. The van der Waals surface area contributed by atoms with E-state index in [-0.39, 0.29) is 11.3 Å². The van der Waals surface area contributed by atoms with Crippen molar-refractivity contribution in [2.45, 2.75) is 0 Å². The Hall–Kier alpha value is -1.62. The van der Waals surface area contributed by atoms with Gasteiger partial charge in [-0.15, -0.1) is 0 Å². The zero-order valence-corrected chi connectivity index (χ0v) is 8.74. The van der Waals surface area contributed by atoms with Gasteiger partial charge in [0, 0.05) is 32.2 Å². The summed E-state index contributed by atoms with van der Waals surface area (Å²) in [5, 5.41) is 12.7. The number of carbonyl (C=O) groups is 1. The predicted octanol–water partition coefficient (Wildman–Crippen LogP) is 0.753. The highest BCUT2D eigenvalue weighted by atomic mass is 19.1. The Morgan fingerprint density at radius 3 is 2.69 bits per heavy atom. The number of phenolic OH excluding ortho intramolecular Hbond substituents is 1. The van der Waals surface area contributed by atoms with Crippen LogP contribution < -0.4 is 10.2 Å². The van der Waals surface area contributed by atoms with E-state index < -0.39 is 5.82 Å². The number of hydrogen-bond acceptors (Lipinski definition) is 4. The fraction of sp³-hybridized carbons (Fsp3) is 0.364. The third kappa shape index (κ3) is 1.99. The Bertz CT molecular complexity index is 403. The molecule has 0 spiro atoms. The predicted molar refractivity (Wildman–Crippen MR) is 58.5 cm³/mol. The molecule has 4 nitrogen and oxygen atoms in total. The summed E-state index contributed by atoms with van der Waals surface area (Å²) in [5.41, 5.74) is 0.334. The summed E-state index contributed by atoms with van der Waals surface area (Å²) in [6, 6.07) is 2.38. The lowest BCUT2D eigenvalue weighted by Gasteiger charge is -2.29. The van der Waals surface area contributed by atoms with Gasteiger partial charge >= 0.3 is 0 Å². The molecule has 1 saturated heterocycles. The van der Waals surface area contributed by atoms with Crippen molar-refractivity contribution in [2.24, 2.45) is 0 Å². The highest BCUT2D eigenvalue weighted by Gasteiger charge is 2.16. The maximum Gasteiger partial charge on any atom is 0.153 e. The number of carbonyl (C=O) groups excluding carboxylic acids is 1. The van der Waals surface area contributed by atoms with Crippen LogP contribution in [-0.4, -0.2) is 37.6 Å². The van der Waals surface area contributed by atoms with Crippen molar-refractivity contribution in [3.8, 4) is 5.75 Å². The largest absolute Gasteiger partial charge is 0.507 e. The Labute approximate surface area is 92.7 Å². The van der Waals surface area contributed by atoms with Gasteiger partial charge in [-0.1, -0.05) is 0 Å². The maximum absolute atomic E-state index is 13.7. The summed E-state index contributed by atoms with van der Waals surface area (Å²) in [6.07, 6.45) is 0.444.